The lowest BCUT2D eigenvalue weighted by Crippen LogP contribution is -2.16. The van der Waals surface area contributed by atoms with Crippen molar-refractivity contribution in [3.05, 3.63) is 88.2 Å². The largest absolute Gasteiger partial charge is 0.416 e. The molecule has 11 heteroatoms. The summed E-state index contributed by atoms with van der Waals surface area (Å²) >= 11 is 0. The van der Waals surface area contributed by atoms with Crippen LogP contribution >= 0.6 is 0 Å². The van der Waals surface area contributed by atoms with Crippen LogP contribution in [0, 0.1) is 5.82 Å². The van der Waals surface area contributed by atoms with Crippen LogP contribution < -0.4 is 16.5 Å². The second-order valence-electron chi connectivity index (χ2n) is 6.70. The van der Waals surface area contributed by atoms with Crippen molar-refractivity contribution in [3.63, 3.8) is 0 Å². The van der Waals surface area contributed by atoms with Crippen molar-refractivity contribution in [2.45, 2.75) is 6.18 Å². The maximum Gasteiger partial charge on any atom is 0.416 e. The van der Waals surface area contributed by atoms with Gasteiger partial charge in [-0.2, -0.15) is 13.2 Å². The highest BCUT2D eigenvalue weighted by molar-refractivity contribution is 6.04. The van der Waals surface area contributed by atoms with E-state index in [2.05, 4.69) is 15.3 Å². The van der Waals surface area contributed by atoms with Gasteiger partial charge in [0.05, 0.1) is 11.1 Å². The Hall–Kier alpha value is -4.28. The molecule has 0 bridgehead atoms. The van der Waals surface area contributed by atoms with Crippen molar-refractivity contribution in [3.8, 4) is 5.69 Å². The van der Waals surface area contributed by atoms with Crippen LogP contribution in [0.4, 0.5) is 29.1 Å². The lowest BCUT2D eigenvalue weighted by atomic mass is 10.1. The third-order valence-electron chi connectivity index (χ3n) is 4.65. The number of nitrogen functional groups attached to an aromatic ring is 1. The fourth-order valence-electron chi connectivity index (χ4n) is 3.09. The van der Waals surface area contributed by atoms with Gasteiger partial charge in [0, 0.05) is 23.6 Å². The molecule has 0 aliphatic carbocycles. The monoisotopic (exact) mass is 443 g/mol. The van der Waals surface area contributed by atoms with E-state index in [9.17, 15) is 27.2 Å². The van der Waals surface area contributed by atoms with Crippen LogP contribution in [0.1, 0.15) is 15.9 Å². The number of benzene rings is 2. The smallest absolute Gasteiger partial charge is 0.383 e. The fraction of sp³-hybridized carbons (Fsp3) is 0.0476. The van der Waals surface area contributed by atoms with E-state index >= 15 is 0 Å². The normalized spacial score (nSPS) is 11.5. The third-order valence-corrected chi connectivity index (χ3v) is 4.65. The number of carbonyl (C=O) groups excluding carboxylic acids is 1. The number of hydrogen-bond donors (Lipinski definition) is 2. The highest BCUT2D eigenvalue weighted by Gasteiger charge is 2.32. The van der Waals surface area contributed by atoms with Gasteiger partial charge in [-0.1, -0.05) is 0 Å². The van der Waals surface area contributed by atoms with E-state index in [0.29, 0.717) is 23.9 Å². The quantitative estimate of drug-likeness (QED) is 0.469. The van der Waals surface area contributed by atoms with Gasteiger partial charge in [-0.15, -0.1) is 0 Å². The summed E-state index contributed by atoms with van der Waals surface area (Å²) in [7, 11) is 0. The van der Waals surface area contributed by atoms with Crippen LogP contribution in [-0.4, -0.2) is 20.4 Å². The molecule has 1 amide bonds. The molecule has 0 saturated carbocycles. The summed E-state index contributed by atoms with van der Waals surface area (Å²) in [6.07, 6.45) is -2.01. The molecule has 3 N–H and O–H groups in total. The molecule has 2 aromatic carbocycles. The standard InChI is InChI=1S/C21H13F4N5O2/c22-15-6-1-11(21(23,24)25)9-14(15)20(32)29-12-2-4-13(5-3-12)30-8-7-16(31)17-18(26)27-10-28-19(17)30/h1-10H,(H,29,32)(H2,26,27,28). The number of pyridine rings is 1. The molecule has 0 aliphatic heterocycles. The van der Waals surface area contributed by atoms with Gasteiger partial charge in [-0.25, -0.2) is 14.4 Å². The lowest BCUT2D eigenvalue weighted by Gasteiger charge is -2.12. The van der Waals surface area contributed by atoms with Crippen LogP contribution in [0.15, 0.2) is 65.8 Å². The van der Waals surface area contributed by atoms with Gasteiger partial charge >= 0.3 is 6.18 Å². The Morgan fingerprint density at radius 1 is 1.03 bits per heavy atom. The summed E-state index contributed by atoms with van der Waals surface area (Å²) in [6.45, 7) is 0. The van der Waals surface area contributed by atoms with Gasteiger partial charge in [-0.05, 0) is 42.5 Å². The Morgan fingerprint density at radius 3 is 2.44 bits per heavy atom. The molecule has 0 aliphatic rings. The number of fused-ring (bicyclic) bond motifs is 1. The average molecular weight is 443 g/mol. The molecule has 0 unspecified atom stereocenters. The fourth-order valence-corrected chi connectivity index (χ4v) is 3.09. The summed E-state index contributed by atoms with van der Waals surface area (Å²) in [5, 5.41) is 2.51. The number of nitrogens with one attached hydrogen (secondary N) is 1. The first-order valence-corrected chi connectivity index (χ1v) is 9.05. The van der Waals surface area contributed by atoms with E-state index in [0.717, 1.165) is 0 Å². The van der Waals surface area contributed by atoms with E-state index in [4.69, 9.17) is 5.73 Å². The van der Waals surface area contributed by atoms with E-state index in [1.165, 1.54) is 30.7 Å². The Labute approximate surface area is 177 Å². The Balaban J connectivity index is 1.63. The maximum absolute atomic E-state index is 13.9. The minimum absolute atomic E-state index is 0.0290. The summed E-state index contributed by atoms with van der Waals surface area (Å²) in [5.74, 6) is -2.08. The zero-order valence-corrected chi connectivity index (χ0v) is 16.0. The predicted molar refractivity (Wildman–Crippen MR) is 109 cm³/mol. The molecule has 162 valence electrons. The van der Waals surface area contributed by atoms with Crippen molar-refractivity contribution >= 4 is 28.4 Å². The number of hydrogen-bond acceptors (Lipinski definition) is 5. The summed E-state index contributed by atoms with van der Waals surface area (Å²) < 4.78 is 54.1. The molecule has 0 spiro atoms. The number of anilines is 2. The van der Waals surface area contributed by atoms with Gasteiger partial charge < -0.3 is 15.6 Å². The van der Waals surface area contributed by atoms with Gasteiger partial charge in [0.2, 0.25) is 0 Å². The Kier molecular flexibility index (Phi) is 5.09. The number of halogens is 4. The number of aromatic nitrogens is 3. The highest BCUT2D eigenvalue weighted by atomic mass is 19.4. The van der Waals surface area contributed by atoms with Crippen molar-refractivity contribution in [2.75, 3.05) is 11.1 Å². The first kappa shape index (κ1) is 21.0. The molecule has 0 radical (unpaired) electrons. The van der Waals surface area contributed by atoms with Gasteiger partial charge in [0.25, 0.3) is 5.91 Å². The van der Waals surface area contributed by atoms with Crippen molar-refractivity contribution in [1.82, 2.24) is 14.5 Å². The molecule has 0 atom stereocenters. The van der Waals surface area contributed by atoms with E-state index in [1.807, 2.05) is 0 Å². The van der Waals surface area contributed by atoms with E-state index in [1.54, 1.807) is 16.7 Å². The second-order valence-corrected chi connectivity index (χ2v) is 6.70. The molecule has 2 aromatic heterocycles. The van der Waals surface area contributed by atoms with Crippen LogP contribution in [0.5, 0.6) is 0 Å². The molecule has 4 aromatic rings. The second kappa shape index (κ2) is 7.76. The van der Waals surface area contributed by atoms with Crippen LogP contribution in [0.25, 0.3) is 16.7 Å². The van der Waals surface area contributed by atoms with Crippen LogP contribution in [0.3, 0.4) is 0 Å². The van der Waals surface area contributed by atoms with Crippen LogP contribution in [-0.2, 0) is 6.18 Å². The number of alkyl halides is 3. The molecular weight excluding hydrogens is 430 g/mol. The number of amides is 1. The first-order valence-electron chi connectivity index (χ1n) is 9.05. The predicted octanol–water partition coefficient (Wildman–Crippen LogP) is 3.77. The average Bonchev–Trinajstić information content (AvgIpc) is 2.74. The molecule has 0 saturated heterocycles. The van der Waals surface area contributed by atoms with E-state index in [-0.39, 0.29) is 28.0 Å². The van der Waals surface area contributed by atoms with Gasteiger partial charge in [-0.3, -0.25) is 9.59 Å². The van der Waals surface area contributed by atoms with E-state index < -0.39 is 29.0 Å². The molecule has 0 fully saturated rings. The maximum atomic E-state index is 13.9. The number of rotatable bonds is 3. The Morgan fingerprint density at radius 2 is 1.75 bits per heavy atom. The van der Waals surface area contributed by atoms with Gasteiger partial charge in [0.15, 0.2) is 11.1 Å². The van der Waals surface area contributed by atoms with Crippen molar-refractivity contribution < 1.29 is 22.4 Å². The number of nitrogens with zero attached hydrogens (tertiary/aromatic N) is 3. The minimum atomic E-state index is -4.71. The van der Waals surface area contributed by atoms with Gasteiger partial charge in [0.1, 0.15) is 23.3 Å². The highest BCUT2D eigenvalue weighted by Crippen LogP contribution is 2.30. The zero-order chi connectivity index (χ0) is 23.0. The Bertz CT molecular complexity index is 1400. The van der Waals surface area contributed by atoms with Crippen LogP contribution in [0.2, 0.25) is 0 Å². The van der Waals surface area contributed by atoms with Crippen molar-refractivity contribution in [2.24, 2.45) is 0 Å². The summed E-state index contributed by atoms with van der Waals surface area (Å²) in [5.41, 5.74) is 4.60. The summed E-state index contributed by atoms with van der Waals surface area (Å²) in [4.78, 5) is 32.3. The molecular formula is C21H13F4N5O2. The molecule has 4 rings (SSSR count). The van der Waals surface area contributed by atoms with Crippen molar-refractivity contribution in [1.29, 1.82) is 0 Å². The lowest BCUT2D eigenvalue weighted by molar-refractivity contribution is -0.137. The topological polar surface area (TPSA) is 103 Å². The summed E-state index contributed by atoms with van der Waals surface area (Å²) in [6, 6.07) is 8.98. The third kappa shape index (κ3) is 3.87. The first-order chi connectivity index (χ1) is 15.1. The number of carbonyl (C=O) groups is 1. The number of nitrogens with two attached hydrogens (primary N) is 1. The minimum Gasteiger partial charge on any atom is -0.383 e. The molecule has 2 heterocycles. The molecule has 7 nitrogen and oxygen atoms in total. The zero-order valence-electron chi connectivity index (χ0n) is 16.0. The SMILES string of the molecule is Nc1ncnc2c1c(=O)ccn2-c1ccc(NC(=O)c2cc(C(F)(F)F)ccc2F)cc1. The molecule has 32 heavy (non-hydrogen) atoms.